The molecule has 4 bridgehead atoms. The van der Waals surface area contributed by atoms with Crippen molar-refractivity contribution in [1.82, 2.24) is 0 Å². The SMILES string of the molecule is Brc1cc2c(cc1Br)[C@H]1O[C@H]2[C@@H]2CC3=C(C[C@@H]21)C1c2ccccc2C3c2ccccc21. The predicted octanol–water partition coefficient (Wildman–Crippen LogP) is 7.95. The van der Waals surface area contributed by atoms with Crippen LogP contribution in [-0.4, -0.2) is 0 Å². The summed E-state index contributed by atoms with van der Waals surface area (Å²) in [5.74, 6) is 2.07. The van der Waals surface area contributed by atoms with Crippen LogP contribution in [0, 0.1) is 11.8 Å². The lowest BCUT2D eigenvalue weighted by Gasteiger charge is -2.49. The Morgan fingerprint density at radius 1 is 0.581 bits per heavy atom. The molecule has 3 heteroatoms. The minimum atomic E-state index is 0.245. The lowest BCUT2D eigenvalue weighted by atomic mass is 9.54. The summed E-state index contributed by atoms with van der Waals surface area (Å²) in [4.78, 5) is 0. The fourth-order valence-electron chi connectivity index (χ4n) is 7.54. The van der Waals surface area contributed by atoms with Crippen LogP contribution >= 0.6 is 31.9 Å². The Bertz CT molecular complexity index is 1190. The van der Waals surface area contributed by atoms with E-state index in [9.17, 15) is 0 Å². The van der Waals surface area contributed by atoms with Crippen LogP contribution in [0.4, 0.5) is 0 Å². The minimum absolute atomic E-state index is 0.245. The Kier molecular flexibility index (Phi) is 3.45. The molecule has 4 aliphatic carbocycles. The van der Waals surface area contributed by atoms with Crippen molar-refractivity contribution in [3.63, 3.8) is 0 Å². The van der Waals surface area contributed by atoms with Crippen molar-refractivity contribution in [3.05, 3.63) is 114 Å². The van der Waals surface area contributed by atoms with E-state index in [2.05, 4.69) is 92.5 Å². The van der Waals surface area contributed by atoms with Gasteiger partial charge in [-0.1, -0.05) is 59.7 Å². The van der Waals surface area contributed by atoms with E-state index in [4.69, 9.17) is 4.74 Å². The fraction of sp³-hybridized carbons (Fsp3) is 0.286. The molecule has 0 aromatic heterocycles. The van der Waals surface area contributed by atoms with Crippen LogP contribution in [0.3, 0.4) is 0 Å². The van der Waals surface area contributed by atoms with Crippen LogP contribution in [0.5, 0.6) is 0 Å². The first-order valence-electron chi connectivity index (χ1n) is 11.2. The monoisotopic (exact) mass is 530 g/mol. The van der Waals surface area contributed by atoms with Gasteiger partial charge >= 0.3 is 0 Å². The molecule has 2 heterocycles. The summed E-state index contributed by atoms with van der Waals surface area (Å²) in [7, 11) is 0. The third kappa shape index (κ3) is 2.11. The van der Waals surface area contributed by atoms with E-state index in [0.29, 0.717) is 23.7 Å². The Morgan fingerprint density at radius 3 is 1.35 bits per heavy atom. The highest BCUT2D eigenvalue weighted by Gasteiger charge is 2.57. The Labute approximate surface area is 198 Å². The van der Waals surface area contributed by atoms with Crippen LogP contribution < -0.4 is 0 Å². The van der Waals surface area contributed by atoms with E-state index in [1.165, 1.54) is 24.0 Å². The van der Waals surface area contributed by atoms with Crippen molar-refractivity contribution in [1.29, 1.82) is 0 Å². The summed E-state index contributed by atoms with van der Waals surface area (Å²) in [5.41, 5.74) is 12.4. The van der Waals surface area contributed by atoms with Gasteiger partial charge < -0.3 is 4.74 Å². The third-order valence-corrected chi connectivity index (χ3v) is 10.5. The molecule has 0 spiro atoms. The van der Waals surface area contributed by atoms with E-state index >= 15 is 0 Å². The predicted molar refractivity (Wildman–Crippen MR) is 128 cm³/mol. The van der Waals surface area contributed by atoms with Crippen LogP contribution in [0.15, 0.2) is 80.8 Å². The highest BCUT2D eigenvalue weighted by molar-refractivity contribution is 9.13. The van der Waals surface area contributed by atoms with Gasteiger partial charge in [0.1, 0.15) is 0 Å². The number of hydrogen-bond donors (Lipinski definition) is 0. The molecule has 0 amide bonds. The molecular formula is C28H20Br2O. The third-order valence-electron chi connectivity index (χ3n) is 8.62. The molecule has 0 saturated carbocycles. The summed E-state index contributed by atoms with van der Waals surface area (Å²) in [6.07, 6.45) is 2.85. The van der Waals surface area contributed by atoms with Gasteiger partial charge in [0.2, 0.25) is 0 Å². The molecule has 6 aliphatic rings. The lowest BCUT2D eigenvalue weighted by molar-refractivity contribution is 0.0545. The van der Waals surface area contributed by atoms with E-state index in [1.807, 2.05) is 0 Å². The molecule has 9 rings (SSSR count). The molecule has 0 unspecified atom stereocenters. The van der Waals surface area contributed by atoms with Gasteiger partial charge in [-0.15, -0.1) is 0 Å². The van der Waals surface area contributed by atoms with Gasteiger partial charge in [0.05, 0.1) is 12.2 Å². The maximum Gasteiger partial charge on any atom is 0.0872 e. The molecule has 1 fully saturated rings. The highest BCUT2D eigenvalue weighted by atomic mass is 79.9. The van der Waals surface area contributed by atoms with Gasteiger partial charge in [0.25, 0.3) is 0 Å². The van der Waals surface area contributed by atoms with Crippen molar-refractivity contribution in [3.8, 4) is 0 Å². The van der Waals surface area contributed by atoms with E-state index in [1.54, 1.807) is 33.4 Å². The van der Waals surface area contributed by atoms with Crippen LogP contribution in [0.25, 0.3) is 0 Å². The molecule has 0 N–H and O–H groups in total. The van der Waals surface area contributed by atoms with Crippen molar-refractivity contribution in [2.75, 3.05) is 0 Å². The summed E-state index contributed by atoms with van der Waals surface area (Å²) in [6.45, 7) is 0. The van der Waals surface area contributed by atoms with Crippen LogP contribution in [0.1, 0.15) is 70.3 Å². The summed E-state index contributed by atoms with van der Waals surface area (Å²) in [6, 6.07) is 23.0. The Balaban J connectivity index is 1.29. The van der Waals surface area contributed by atoms with Gasteiger partial charge in [-0.2, -0.15) is 0 Å². The number of benzene rings is 3. The van der Waals surface area contributed by atoms with E-state index in [0.717, 1.165) is 8.95 Å². The molecule has 1 nitrogen and oxygen atoms in total. The van der Waals surface area contributed by atoms with Gasteiger partial charge in [-0.25, -0.2) is 0 Å². The zero-order valence-electron chi connectivity index (χ0n) is 16.8. The molecule has 152 valence electrons. The molecule has 3 aromatic carbocycles. The number of halogens is 2. The Hall–Kier alpha value is -1.68. The zero-order chi connectivity index (χ0) is 20.4. The van der Waals surface area contributed by atoms with Crippen molar-refractivity contribution in [2.24, 2.45) is 11.8 Å². The first-order valence-corrected chi connectivity index (χ1v) is 12.8. The number of rotatable bonds is 0. The van der Waals surface area contributed by atoms with Crippen LogP contribution in [0.2, 0.25) is 0 Å². The topological polar surface area (TPSA) is 9.23 Å². The first kappa shape index (κ1) is 17.8. The number of hydrogen-bond acceptors (Lipinski definition) is 1. The van der Waals surface area contributed by atoms with Crippen LogP contribution in [-0.2, 0) is 4.74 Å². The molecule has 2 aliphatic heterocycles. The second kappa shape index (κ2) is 6.01. The number of allylic oxidation sites excluding steroid dienone is 2. The quantitative estimate of drug-likeness (QED) is 0.267. The van der Waals surface area contributed by atoms with E-state index in [-0.39, 0.29) is 12.2 Å². The number of fused-ring (bicyclic) bond motifs is 8. The maximum absolute atomic E-state index is 6.68. The summed E-state index contributed by atoms with van der Waals surface area (Å²) >= 11 is 7.43. The second-order valence-corrected chi connectivity index (χ2v) is 11.5. The standard InChI is InChI=1S/C28H20Br2O/c29-23-11-21-22(12-24(23)30)28-20-10-18-17(9-19(20)27(21)31-28)25-13-5-1-2-6-14(13)26(18)16-8-4-3-7-15(16)25/h1-8,11-12,19-20,25-28H,9-10H2/t19-,20+,25?,26?,27-,28-/m0/s1. The van der Waals surface area contributed by atoms with Gasteiger partial charge in [-0.05, 0) is 102 Å². The molecule has 1 saturated heterocycles. The Morgan fingerprint density at radius 2 is 0.968 bits per heavy atom. The van der Waals surface area contributed by atoms with Crippen molar-refractivity contribution in [2.45, 2.75) is 36.9 Å². The van der Waals surface area contributed by atoms with Crippen molar-refractivity contribution < 1.29 is 4.74 Å². The minimum Gasteiger partial charge on any atom is -0.365 e. The maximum atomic E-state index is 6.68. The zero-order valence-corrected chi connectivity index (χ0v) is 20.0. The molecular weight excluding hydrogens is 512 g/mol. The fourth-order valence-corrected chi connectivity index (χ4v) is 8.26. The normalized spacial score (nSPS) is 33.0. The largest absolute Gasteiger partial charge is 0.365 e. The smallest absolute Gasteiger partial charge is 0.0872 e. The molecule has 0 radical (unpaired) electrons. The van der Waals surface area contributed by atoms with Crippen molar-refractivity contribution >= 4 is 31.9 Å². The lowest BCUT2D eigenvalue weighted by Crippen LogP contribution is -2.36. The first-order chi connectivity index (χ1) is 15.2. The van der Waals surface area contributed by atoms with Gasteiger partial charge in [0.15, 0.2) is 0 Å². The summed E-state index contributed by atoms with van der Waals surface area (Å²) in [5, 5.41) is 0. The summed E-state index contributed by atoms with van der Waals surface area (Å²) < 4.78 is 8.95. The number of ether oxygens (including phenoxy) is 1. The average Bonchev–Trinajstić information content (AvgIpc) is 3.34. The molecule has 4 atom stereocenters. The molecule has 3 aromatic rings. The second-order valence-electron chi connectivity index (χ2n) is 9.78. The highest BCUT2D eigenvalue weighted by Crippen LogP contribution is 2.68. The van der Waals surface area contributed by atoms with E-state index < -0.39 is 0 Å². The van der Waals surface area contributed by atoms with Gasteiger partial charge in [-0.3, -0.25) is 0 Å². The average molecular weight is 532 g/mol. The van der Waals surface area contributed by atoms with Gasteiger partial charge in [0, 0.05) is 20.8 Å². The molecule has 31 heavy (non-hydrogen) atoms.